The predicted octanol–water partition coefficient (Wildman–Crippen LogP) is 3.78. The van der Waals surface area contributed by atoms with Crippen molar-refractivity contribution in [2.75, 3.05) is 19.6 Å². The molecule has 0 N–H and O–H groups in total. The van der Waals surface area contributed by atoms with Crippen LogP contribution >= 0.6 is 0 Å². The highest BCUT2D eigenvalue weighted by Crippen LogP contribution is 2.33. The Balaban J connectivity index is 1.86. The van der Waals surface area contributed by atoms with Crippen molar-refractivity contribution < 1.29 is 0 Å². The fourth-order valence-corrected chi connectivity index (χ4v) is 4.18. The average molecular weight is 368 g/mol. The summed E-state index contributed by atoms with van der Waals surface area (Å²) in [6.07, 6.45) is 1.87. The number of aromatic nitrogens is 1. The molecular formula is C23H33N3O. The number of benzene rings is 1. The molecule has 1 aliphatic rings. The SMILES string of the molecule is CC(C)c1ccccc1C1CN(Cc2ccn(C)c(=O)c2)CCN1C(C)C. The van der Waals surface area contributed by atoms with Gasteiger partial charge in [0.25, 0.3) is 5.56 Å². The van der Waals surface area contributed by atoms with Crippen molar-refractivity contribution in [2.24, 2.45) is 7.05 Å². The summed E-state index contributed by atoms with van der Waals surface area (Å²) in [7, 11) is 1.80. The molecule has 2 heterocycles. The lowest BCUT2D eigenvalue weighted by Crippen LogP contribution is -2.50. The zero-order valence-corrected chi connectivity index (χ0v) is 17.4. The van der Waals surface area contributed by atoms with Crippen LogP contribution in [0.25, 0.3) is 0 Å². The highest BCUT2D eigenvalue weighted by molar-refractivity contribution is 5.33. The summed E-state index contributed by atoms with van der Waals surface area (Å²) in [4.78, 5) is 17.1. The van der Waals surface area contributed by atoms with Crippen LogP contribution in [0.1, 0.15) is 56.3 Å². The van der Waals surface area contributed by atoms with Crippen LogP contribution in [0.4, 0.5) is 0 Å². The van der Waals surface area contributed by atoms with E-state index in [2.05, 4.69) is 67.8 Å². The second-order valence-electron chi connectivity index (χ2n) is 8.35. The topological polar surface area (TPSA) is 28.5 Å². The Labute approximate surface area is 163 Å². The summed E-state index contributed by atoms with van der Waals surface area (Å²) in [5.74, 6) is 0.516. The van der Waals surface area contributed by atoms with Gasteiger partial charge in [-0.3, -0.25) is 14.6 Å². The molecule has 27 heavy (non-hydrogen) atoms. The zero-order valence-electron chi connectivity index (χ0n) is 17.4. The van der Waals surface area contributed by atoms with Gasteiger partial charge >= 0.3 is 0 Å². The minimum atomic E-state index is 0.0648. The Bertz CT molecular complexity index is 824. The molecule has 1 aliphatic heterocycles. The lowest BCUT2D eigenvalue weighted by atomic mass is 9.90. The maximum atomic E-state index is 12.0. The number of aryl methyl sites for hydroxylation is 1. The Hall–Kier alpha value is -1.91. The molecular weight excluding hydrogens is 334 g/mol. The monoisotopic (exact) mass is 367 g/mol. The van der Waals surface area contributed by atoms with Crippen molar-refractivity contribution in [3.63, 3.8) is 0 Å². The van der Waals surface area contributed by atoms with Crippen molar-refractivity contribution in [1.82, 2.24) is 14.4 Å². The highest BCUT2D eigenvalue weighted by atomic mass is 16.1. The van der Waals surface area contributed by atoms with Crippen LogP contribution < -0.4 is 5.56 Å². The number of piperazine rings is 1. The molecule has 0 bridgehead atoms. The van der Waals surface area contributed by atoms with E-state index in [1.54, 1.807) is 17.7 Å². The standard InChI is InChI=1S/C23H33N3O/c1-17(2)20-8-6-7-9-21(20)22-16-25(12-13-26(22)18(3)4)15-19-10-11-24(5)23(27)14-19/h6-11,14,17-18,22H,12-13,15-16H2,1-5H3. The van der Waals surface area contributed by atoms with Gasteiger partial charge in [0.05, 0.1) is 0 Å². The van der Waals surface area contributed by atoms with E-state index in [-0.39, 0.29) is 5.56 Å². The van der Waals surface area contributed by atoms with Crippen LogP contribution in [0.15, 0.2) is 47.4 Å². The van der Waals surface area contributed by atoms with E-state index in [0.717, 1.165) is 31.7 Å². The van der Waals surface area contributed by atoms with Gasteiger partial charge in [-0.25, -0.2) is 0 Å². The summed E-state index contributed by atoms with van der Waals surface area (Å²) >= 11 is 0. The Morgan fingerprint density at radius 3 is 2.48 bits per heavy atom. The van der Waals surface area contributed by atoms with Crippen molar-refractivity contribution >= 4 is 0 Å². The molecule has 1 fully saturated rings. The molecule has 4 heteroatoms. The van der Waals surface area contributed by atoms with Crippen molar-refractivity contribution in [1.29, 1.82) is 0 Å². The first-order valence-corrected chi connectivity index (χ1v) is 10.1. The quantitative estimate of drug-likeness (QED) is 0.805. The molecule has 0 amide bonds. The number of nitrogens with zero attached hydrogens (tertiary/aromatic N) is 3. The van der Waals surface area contributed by atoms with Crippen LogP contribution in [0.2, 0.25) is 0 Å². The fraction of sp³-hybridized carbons (Fsp3) is 0.522. The van der Waals surface area contributed by atoms with E-state index >= 15 is 0 Å². The molecule has 1 atom stereocenters. The fourth-order valence-electron chi connectivity index (χ4n) is 4.18. The molecule has 0 aliphatic carbocycles. The average Bonchev–Trinajstić information content (AvgIpc) is 2.64. The van der Waals surface area contributed by atoms with Gasteiger partial charge in [0, 0.05) is 57.6 Å². The largest absolute Gasteiger partial charge is 0.319 e. The third kappa shape index (κ3) is 4.50. The first-order chi connectivity index (χ1) is 12.9. The van der Waals surface area contributed by atoms with E-state index in [1.165, 1.54) is 11.1 Å². The molecule has 2 aromatic rings. The van der Waals surface area contributed by atoms with Gasteiger partial charge in [0.2, 0.25) is 0 Å². The zero-order chi connectivity index (χ0) is 19.6. The molecule has 1 unspecified atom stereocenters. The Kier molecular flexibility index (Phi) is 6.18. The van der Waals surface area contributed by atoms with E-state index in [4.69, 9.17) is 0 Å². The third-order valence-corrected chi connectivity index (χ3v) is 5.72. The molecule has 146 valence electrons. The highest BCUT2D eigenvalue weighted by Gasteiger charge is 2.31. The van der Waals surface area contributed by atoms with Gasteiger partial charge < -0.3 is 4.57 Å². The molecule has 0 saturated carbocycles. The lowest BCUT2D eigenvalue weighted by Gasteiger charge is -2.44. The van der Waals surface area contributed by atoms with Crippen LogP contribution in [0.5, 0.6) is 0 Å². The second-order valence-corrected chi connectivity index (χ2v) is 8.35. The lowest BCUT2D eigenvalue weighted by molar-refractivity contribution is 0.0463. The van der Waals surface area contributed by atoms with Gasteiger partial charge in [0.15, 0.2) is 0 Å². The van der Waals surface area contributed by atoms with Crippen LogP contribution in [-0.4, -0.2) is 40.0 Å². The molecule has 4 nitrogen and oxygen atoms in total. The Morgan fingerprint density at radius 1 is 1.07 bits per heavy atom. The molecule has 1 aromatic heterocycles. The van der Waals surface area contributed by atoms with E-state index in [1.807, 2.05) is 6.20 Å². The molecule has 0 spiro atoms. The van der Waals surface area contributed by atoms with E-state index in [0.29, 0.717) is 18.0 Å². The summed E-state index contributed by atoms with van der Waals surface area (Å²) in [6.45, 7) is 13.1. The third-order valence-electron chi connectivity index (χ3n) is 5.72. The second kappa shape index (κ2) is 8.41. The maximum Gasteiger partial charge on any atom is 0.250 e. The molecule has 1 aromatic carbocycles. The van der Waals surface area contributed by atoms with Gasteiger partial charge in [-0.2, -0.15) is 0 Å². The van der Waals surface area contributed by atoms with Gasteiger partial charge in [-0.1, -0.05) is 38.1 Å². The summed E-state index contributed by atoms with van der Waals surface area (Å²) in [5.41, 5.74) is 4.07. The number of hydrogen-bond donors (Lipinski definition) is 0. The Morgan fingerprint density at radius 2 is 1.81 bits per heavy atom. The van der Waals surface area contributed by atoms with Crippen LogP contribution in [0, 0.1) is 0 Å². The number of rotatable bonds is 5. The normalized spacial score (nSPS) is 19.1. The van der Waals surface area contributed by atoms with Gasteiger partial charge in [-0.15, -0.1) is 0 Å². The molecule has 0 radical (unpaired) electrons. The molecule has 1 saturated heterocycles. The number of hydrogen-bond acceptors (Lipinski definition) is 3. The minimum Gasteiger partial charge on any atom is -0.319 e. The summed E-state index contributed by atoms with van der Waals surface area (Å²) in [6, 6.07) is 13.6. The van der Waals surface area contributed by atoms with Crippen LogP contribution in [0.3, 0.4) is 0 Å². The maximum absolute atomic E-state index is 12.0. The van der Waals surface area contributed by atoms with Crippen molar-refractivity contribution in [2.45, 2.75) is 52.2 Å². The first kappa shape index (κ1) is 19.8. The van der Waals surface area contributed by atoms with Crippen LogP contribution in [-0.2, 0) is 13.6 Å². The minimum absolute atomic E-state index is 0.0648. The van der Waals surface area contributed by atoms with Crippen molar-refractivity contribution in [3.8, 4) is 0 Å². The smallest absolute Gasteiger partial charge is 0.250 e. The van der Waals surface area contributed by atoms with E-state index in [9.17, 15) is 4.79 Å². The number of pyridine rings is 1. The van der Waals surface area contributed by atoms with Gasteiger partial charge in [0.1, 0.15) is 0 Å². The van der Waals surface area contributed by atoms with Gasteiger partial charge in [-0.05, 0) is 42.5 Å². The van der Waals surface area contributed by atoms with E-state index < -0.39 is 0 Å². The predicted molar refractivity (Wildman–Crippen MR) is 112 cm³/mol. The summed E-state index contributed by atoms with van der Waals surface area (Å²) < 4.78 is 1.63. The summed E-state index contributed by atoms with van der Waals surface area (Å²) in [5, 5.41) is 0. The van der Waals surface area contributed by atoms with Crippen molar-refractivity contribution in [3.05, 3.63) is 69.6 Å². The first-order valence-electron chi connectivity index (χ1n) is 10.1. The molecule has 3 rings (SSSR count).